The van der Waals surface area contributed by atoms with E-state index in [1.165, 1.54) is 0 Å². The van der Waals surface area contributed by atoms with Gasteiger partial charge in [-0.1, -0.05) is 41.5 Å². The summed E-state index contributed by atoms with van der Waals surface area (Å²) in [5.74, 6) is 0.177. The third-order valence-electron chi connectivity index (χ3n) is 3.54. The highest BCUT2D eigenvalue weighted by Gasteiger charge is 2.46. The smallest absolute Gasteiger partial charge is 0.130 e. The molecule has 100 valence electrons. The van der Waals surface area contributed by atoms with Crippen molar-refractivity contribution >= 4 is 11.5 Å². The molecule has 0 spiro atoms. The van der Waals surface area contributed by atoms with Gasteiger partial charge in [-0.05, 0) is 31.1 Å². The second-order valence-electron chi connectivity index (χ2n) is 7.57. The molecule has 0 aliphatic heterocycles. The lowest BCUT2D eigenvalue weighted by molar-refractivity contribution is -0.120. The zero-order valence-corrected chi connectivity index (χ0v) is 12.8. The Balaban J connectivity index is 5.58. The molecule has 17 heavy (non-hydrogen) atoms. The van der Waals surface area contributed by atoms with Crippen LogP contribution in [0.1, 0.15) is 68.2 Å². The van der Waals surface area contributed by atoms with Crippen LogP contribution in [0.15, 0.2) is 0 Å². The highest BCUT2D eigenvalue weighted by molar-refractivity contribution is 5.91. The second-order valence-corrected chi connectivity index (χ2v) is 7.57. The summed E-state index contributed by atoms with van der Waals surface area (Å²) >= 11 is 0. The lowest BCUT2D eigenvalue weighted by atomic mass is 9.56. The lowest BCUT2D eigenvalue weighted by Gasteiger charge is -2.47. The third kappa shape index (κ3) is 4.25. The zero-order chi connectivity index (χ0) is 14.1. The Labute approximate surface area is 107 Å². The Morgan fingerprint density at radius 2 is 1.41 bits per heavy atom. The molecule has 1 N–H and O–H groups in total. The average molecular weight is 239 g/mol. The maximum atomic E-state index is 11.6. The van der Waals surface area contributed by atoms with Crippen molar-refractivity contribution in [3.05, 3.63) is 0 Å². The lowest BCUT2D eigenvalue weighted by Crippen LogP contribution is -2.45. The van der Waals surface area contributed by atoms with Gasteiger partial charge in [-0.2, -0.15) is 0 Å². The van der Waals surface area contributed by atoms with Crippen LogP contribution in [-0.4, -0.2) is 11.5 Å². The van der Waals surface area contributed by atoms with Crippen molar-refractivity contribution in [1.82, 2.24) is 0 Å². The monoisotopic (exact) mass is 239 g/mol. The molecular formula is C15H29NO. The molecule has 0 radical (unpaired) electrons. The molecule has 2 nitrogen and oxygen atoms in total. The molecule has 0 fully saturated rings. The predicted molar refractivity (Wildman–Crippen MR) is 74.7 cm³/mol. The van der Waals surface area contributed by atoms with Gasteiger partial charge in [0.25, 0.3) is 0 Å². The fraction of sp³-hybridized carbons (Fsp3) is 0.867. The fourth-order valence-corrected chi connectivity index (χ4v) is 2.75. The molecule has 0 rings (SSSR count). The molecule has 0 amide bonds. The topological polar surface area (TPSA) is 40.9 Å². The van der Waals surface area contributed by atoms with Crippen LogP contribution in [0, 0.1) is 21.7 Å². The number of carbonyl (C=O) groups is 1. The molecule has 0 aliphatic carbocycles. The Morgan fingerprint density at radius 3 is 1.59 bits per heavy atom. The van der Waals surface area contributed by atoms with E-state index in [0.29, 0.717) is 12.1 Å². The van der Waals surface area contributed by atoms with Gasteiger partial charge in [0.1, 0.15) is 5.78 Å². The first-order valence-electron chi connectivity index (χ1n) is 6.37. The Kier molecular flexibility index (Phi) is 4.72. The molecule has 0 aromatic rings. The van der Waals surface area contributed by atoms with Crippen molar-refractivity contribution < 1.29 is 4.79 Å². The van der Waals surface area contributed by atoms with Crippen LogP contribution in [0.4, 0.5) is 0 Å². The highest BCUT2D eigenvalue weighted by atomic mass is 16.1. The summed E-state index contributed by atoms with van der Waals surface area (Å²) in [6.07, 6.45) is 1.35. The average Bonchev–Trinajstić information content (AvgIpc) is 1.96. The standard InChI is InChI=1S/C15H29NO/c1-11(17)9-15(12(2)16,14(6,7)8)10-13(3,4)5/h16H,9-10H2,1-8H3. The van der Waals surface area contributed by atoms with Crippen molar-refractivity contribution in [1.29, 1.82) is 5.41 Å². The molecule has 0 heterocycles. The number of hydrogen-bond acceptors (Lipinski definition) is 2. The number of ketones is 1. The van der Waals surface area contributed by atoms with E-state index >= 15 is 0 Å². The van der Waals surface area contributed by atoms with Crippen molar-refractivity contribution in [2.75, 3.05) is 0 Å². The molecule has 0 saturated heterocycles. The minimum Gasteiger partial charge on any atom is -0.309 e. The van der Waals surface area contributed by atoms with Crippen LogP contribution >= 0.6 is 0 Å². The first-order chi connectivity index (χ1) is 7.32. The van der Waals surface area contributed by atoms with Crippen LogP contribution in [0.5, 0.6) is 0 Å². The van der Waals surface area contributed by atoms with Gasteiger partial charge >= 0.3 is 0 Å². The van der Waals surface area contributed by atoms with E-state index in [1.54, 1.807) is 6.92 Å². The molecule has 0 aromatic carbocycles. The summed E-state index contributed by atoms with van der Waals surface area (Å²) in [5.41, 5.74) is 0.357. The van der Waals surface area contributed by atoms with Crippen molar-refractivity contribution in [3.8, 4) is 0 Å². The van der Waals surface area contributed by atoms with Crippen LogP contribution in [0.2, 0.25) is 0 Å². The summed E-state index contributed by atoms with van der Waals surface area (Å²) in [4.78, 5) is 11.6. The molecule has 1 atom stereocenters. The van der Waals surface area contributed by atoms with E-state index < -0.39 is 0 Å². The molecule has 0 bridgehead atoms. The van der Waals surface area contributed by atoms with Crippen molar-refractivity contribution in [2.45, 2.75) is 68.2 Å². The first-order valence-corrected chi connectivity index (χ1v) is 6.37. The summed E-state index contributed by atoms with van der Waals surface area (Å²) in [6, 6.07) is 0. The molecule has 0 aliphatic rings. The van der Waals surface area contributed by atoms with Gasteiger partial charge in [-0.15, -0.1) is 0 Å². The number of rotatable bonds is 4. The minimum absolute atomic E-state index is 0.0716. The van der Waals surface area contributed by atoms with Gasteiger partial charge in [-0.25, -0.2) is 0 Å². The largest absolute Gasteiger partial charge is 0.309 e. The molecule has 0 saturated carbocycles. The molecule has 2 heteroatoms. The van der Waals surface area contributed by atoms with E-state index in [2.05, 4.69) is 41.5 Å². The molecule has 0 aromatic heterocycles. The number of nitrogens with one attached hydrogen (secondary N) is 1. The van der Waals surface area contributed by atoms with E-state index in [-0.39, 0.29) is 22.0 Å². The quantitative estimate of drug-likeness (QED) is 0.722. The third-order valence-corrected chi connectivity index (χ3v) is 3.54. The Morgan fingerprint density at radius 1 is 1.00 bits per heavy atom. The van der Waals surface area contributed by atoms with Gasteiger partial charge in [0.2, 0.25) is 0 Å². The maximum absolute atomic E-state index is 11.6. The van der Waals surface area contributed by atoms with Crippen LogP contribution < -0.4 is 0 Å². The van der Waals surface area contributed by atoms with Gasteiger partial charge in [-0.3, -0.25) is 4.79 Å². The predicted octanol–water partition coefficient (Wildman–Crippen LogP) is 4.47. The Bertz CT molecular complexity index is 304. The molecular weight excluding hydrogens is 210 g/mol. The van der Waals surface area contributed by atoms with E-state index in [9.17, 15) is 4.79 Å². The van der Waals surface area contributed by atoms with Gasteiger partial charge in [0.15, 0.2) is 0 Å². The Hall–Kier alpha value is -0.660. The normalized spacial score (nSPS) is 16.5. The van der Waals surface area contributed by atoms with Gasteiger partial charge in [0.05, 0.1) is 0 Å². The summed E-state index contributed by atoms with van der Waals surface area (Å²) in [7, 11) is 0. The van der Waals surface area contributed by atoms with Crippen LogP contribution in [0.25, 0.3) is 0 Å². The fourth-order valence-electron chi connectivity index (χ4n) is 2.75. The maximum Gasteiger partial charge on any atom is 0.130 e. The molecule has 1 unspecified atom stereocenters. The van der Waals surface area contributed by atoms with Gasteiger partial charge < -0.3 is 5.41 Å². The number of Topliss-reactive ketones (excluding diaryl/α,β-unsaturated/α-hetero) is 1. The van der Waals surface area contributed by atoms with Crippen molar-refractivity contribution in [2.24, 2.45) is 16.2 Å². The number of hydrogen-bond donors (Lipinski definition) is 1. The van der Waals surface area contributed by atoms with E-state index in [1.807, 2.05) is 6.92 Å². The zero-order valence-electron chi connectivity index (χ0n) is 12.8. The first kappa shape index (κ1) is 16.3. The second kappa shape index (κ2) is 4.91. The summed E-state index contributed by atoms with van der Waals surface area (Å²) < 4.78 is 0. The van der Waals surface area contributed by atoms with Crippen molar-refractivity contribution in [3.63, 3.8) is 0 Å². The van der Waals surface area contributed by atoms with Crippen LogP contribution in [0.3, 0.4) is 0 Å². The van der Waals surface area contributed by atoms with Crippen LogP contribution in [-0.2, 0) is 4.79 Å². The minimum atomic E-state index is -0.322. The SMILES string of the molecule is CC(=N)C(CC(C)=O)(CC(C)(C)C)C(C)(C)C. The summed E-state index contributed by atoms with van der Waals surface area (Å²) in [6.45, 7) is 16.4. The van der Waals surface area contributed by atoms with E-state index in [4.69, 9.17) is 5.41 Å². The summed E-state index contributed by atoms with van der Waals surface area (Å²) in [5, 5.41) is 8.18. The van der Waals surface area contributed by atoms with E-state index in [0.717, 1.165) is 6.42 Å². The number of carbonyl (C=O) groups excluding carboxylic acids is 1. The highest BCUT2D eigenvalue weighted by Crippen LogP contribution is 2.50. The van der Waals surface area contributed by atoms with Gasteiger partial charge in [0, 0.05) is 17.5 Å².